The van der Waals surface area contributed by atoms with E-state index in [4.69, 9.17) is 4.74 Å². The minimum Gasteiger partial charge on any atom is -0.444 e. The lowest BCUT2D eigenvalue weighted by Crippen LogP contribution is -2.58. The van der Waals surface area contributed by atoms with Crippen LogP contribution >= 0.6 is 11.3 Å². The molecule has 0 radical (unpaired) electrons. The third kappa shape index (κ3) is 8.85. The minimum absolute atomic E-state index is 0.00409. The van der Waals surface area contributed by atoms with E-state index in [-0.39, 0.29) is 43.2 Å². The summed E-state index contributed by atoms with van der Waals surface area (Å²) >= 11 is 1.58. The molecule has 2 aliphatic rings. The maximum atomic E-state index is 14.0. The van der Waals surface area contributed by atoms with E-state index in [1.165, 1.54) is 4.90 Å². The Morgan fingerprint density at radius 2 is 1.74 bits per heavy atom. The fourth-order valence-corrected chi connectivity index (χ4v) is 6.80. The average Bonchev–Trinajstić information content (AvgIpc) is 3.70. The van der Waals surface area contributed by atoms with E-state index in [9.17, 15) is 24.3 Å². The molecule has 1 aromatic carbocycles. The molecule has 1 aromatic heterocycles. The molecule has 3 heterocycles. The van der Waals surface area contributed by atoms with Crippen LogP contribution < -0.4 is 10.6 Å². The first-order chi connectivity index (χ1) is 21.4. The number of hydrogen-bond acceptors (Lipinski definition) is 8. The fourth-order valence-electron chi connectivity index (χ4n) is 5.99. The van der Waals surface area contributed by atoms with Gasteiger partial charge in [0.05, 0.1) is 28.2 Å². The number of aliphatic hydroxyl groups is 1. The first-order valence-electron chi connectivity index (χ1n) is 16.0. The van der Waals surface area contributed by atoms with Crippen LogP contribution in [0.25, 0.3) is 10.4 Å². The molecule has 2 saturated heterocycles. The lowest BCUT2D eigenvalue weighted by molar-refractivity contribution is -0.144. The molecule has 1 unspecified atom stereocenters. The van der Waals surface area contributed by atoms with E-state index in [1.807, 2.05) is 85.2 Å². The zero-order valence-corrected chi connectivity index (χ0v) is 29.1. The predicted molar refractivity (Wildman–Crippen MR) is 177 cm³/mol. The van der Waals surface area contributed by atoms with Gasteiger partial charge in [0.15, 0.2) is 0 Å². The Labute approximate surface area is 276 Å². The molecule has 4 rings (SSSR count). The topological polar surface area (TPSA) is 141 Å². The highest BCUT2D eigenvalue weighted by atomic mass is 32.1. The smallest absolute Gasteiger partial charge is 0.410 e. The maximum absolute atomic E-state index is 14.0. The molecule has 4 amide bonds. The van der Waals surface area contributed by atoms with Crippen molar-refractivity contribution in [2.75, 3.05) is 19.6 Å². The van der Waals surface area contributed by atoms with Crippen molar-refractivity contribution in [1.82, 2.24) is 25.4 Å². The molecule has 11 nitrogen and oxygen atoms in total. The van der Waals surface area contributed by atoms with Gasteiger partial charge in [0, 0.05) is 32.5 Å². The van der Waals surface area contributed by atoms with Crippen LogP contribution in [0.2, 0.25) is 0 Å². The molecule has 0 saturated carbocycles. The number of nitrogens with zero attached hydrogens (tertiary/aromatic N) is 3. The third-order valence-corrected chi connectivity index (χ3v) is 9.45. The number of carbonyl (C=O) groups excluding carboxylic acids is 4. The summed E-state index contributed by atoms with van der Waals surface area (Å²) in [6.07, 6.45) is -0.322. The number of thiazole rings is 1. The zero-order chi connectivity index (χ0) is 34.0. The molecule has 0 aliphatic carbocycles. The Hall–Kier alpha value is -3.51. The van der Waals surface area contributed by atoms with Crippen molar-refractivity contribution in [3.63, 3.8) is 0 Å². The normalized spacial score (nSPS) is 21.5. The number of rotatable bonds is 8. The number of hydrogen-bond donors (Lipinski definition) is 3. The van der Waals surface area contributed by atoms with Gasteiger partial charge in [0.25, 0.3) is 0 Å². The zero-order valence-electron chi connectivity index (χ0n) is 28.3. The Morgan fingerprint density at radius 1 is 1.07 bits per heavy atom. The number of ether oxygens (including phenoxy) is 1. The van der Waals surface area contributed by atoms with Gasteiger partial charge < -0.3 is 30.3 Å². The van der Waals surface area contributed by atoms with Crippen molar-refractivity contribution in [3.05, 3.63) is 41.0 Å². The standard InChI is InChI=1S/C34H49N5O6S/c1-20(23-9-11-24(12-10-23)28-21(2)35-19-46-28)36-30(42)26-16-25(40)18-39(26)31(43)29(33(3,4)5)37-27(41)15-22-13-14-38(17-22)32(44)45-34(6,7)8/h9-12,19-20,22,25-26,29,40H,13-18H2,1-8H3,(H,36,42)(H,37,41)/t20-,22?,25+,26-,29+/m0/s1. The van der Waals surface area contributed by atoms with Crippen LogP contribution in [0.15, 0.2) is 29.8 Å². The number of nitrogens with one attached hydrogen (secondary N) is 2. The second-order valence-corrected chi connectivity index (χ2v) is 15.5. The summed E-state index contributed by atoms with van der Waals surface area (Å²) in [4.78, 5) is 61.6. The largest absolute Gasteiger partial charge is 0.444 e. The molecule has 12 heteroatoms. The number of aromatic nitrogens is 1. The summed E-state index contributed by atoms with van der Waals surface area (Å²) in [6, 6.07) is 5.83. The summed E-state index contributed by atoms with van der Waals surface area (Å²) in [5, 5.41) is 16.5. The molecule has 46 heavy (non-hydrogen) atoms. The molecular weight excluding hydrogens is 606 g/mol. The summed E-state index contributed by atoms with van der Waals surface area (Å²) < 4.78 is 5.46. The summed E-state index contributed by atoms with van der Waals surface area (Å²) in [7, 11) is 0. The molecule has 252 valence electrons. The van der Waals surface area contributed by atoms with E-state index in [0.29, 0.717) is 19.5 Å². The molecule has 2 aliphatic heterocycles. The molecule has 0 bridgehead atoms. The van der Waals surface area contributed by atoms with Crippen LogP contribution in [0.5, 0.6) is 0 Å². The SMILES string of the molecule is Cc1ncsc1-c1ccc([C@H](C)NC(=O)[C@@H]2C[C@@H](O)CN2C(=O)[C@@H](NC(=O)CC2CCN(C(=O)OC(C)(C)C)C2)C(C)(C)C)cc1. The Morgan fingerprint density at radius 3 is 2.33 bits per heavy atom. The van der Waals surface area contributed by atoms with Gasteiger partial charge in [-0.05, 0) is 63.5 Å². The monoisotopic (exact) mass is 655 g/mol. The Bertz CT molecular complexity index is 1410. The summed E-state index contributed by atoms with van der Waals surface area (Å²) in [6.45, 7) is 15.8. The van der Waals surface area contributed by atoms with E-state index in [0.717, 1.165) is 21.7 Å². The molecule has 0 spiro atoms. The van der Waals surface area contributed by atoms with Crippen molar-refractivity contribution in [3.8, 4) is 10.4 Å². The summed E-state index contributed by atoms with van der Waals surface area (Å²) in [5.74, 6) is -1.11. The van der Waals surface area contributed by atoms with Gasteiger partial charge in [-0.2, -0.15) is 0 Å². The second kappa shape index (κ2) is 14.1. The van der Waals surface area contributed by atoms with Gasteiger partial charge >= 0.3 is 6.09 Å². The van der Waals surface area contributed by atoms with Crippen molar-refractivity contribution in [2.24, 2.45) is 11.3 Å². The van der Waals surface area contributed by atoms with Gasteiger partial charge in [-0.3, -0.25) is 14.4 Å². The van der Waals surface area contributed by atoms with Crippen LogP contribution in [0.3, 0.4) is 0 Å². The molecular formula is C34H49N5O6S. The molecule has 2 aromatic rings. The van der Waals surface area contributed by atoms with E-state index >= 15 is 0 Å². The molecule has 3 N–H and O–H groups in total. The summed E-state index contributed by atoms with van der Waals surface area (Å²) in [5.41, 5.74) is 3.49. The number of carbonyl (C=O) groups is 4. The van der Waals surface area contributed by atoms with E-state index < -0.39 is 41.2 Å². The number of aryl methyl sites for hydroxylation is 1. The number of β-amino-alcohol motifs (C(OH)–C–C–N with tert-alkyl or cyclic N) is 1. The second-order valence-electron chi connectivity index (χ2n) is 14.7. The van der Waals surface area contributed by atoms with Gasteiger partial charge in [-0.25, -0.2) is 9.78 Å². The van der Waals surface area contributed by atoms with Crippen LogP contribution in [-0.2, 0) is 19.1 Å². The Balaban J connectivity index is 1.38. The molecule has 5 atom stereocenters. The average molecular weight is 656 g/mol. The van der Waals surface area contributed by atoms with Crippen molar-refractivity contribution >= 4 is 35.2 Å². The van der Waals surface area contributed by atoms with E-state index in [1.54, 1.807) is 16.2 Å². The van der Waals surface area contributed by atoms with Crippen molar-refractivity contribution in [1.29, 1.82) is 0 Å². The van der Waals surface area contributed by atoms with Gasteiger partial charge in [-0.1, -0.05) is 45.0 Å². The lowest BCUT2D eigenvalue weighted by atomic mass is 9.85. The number of aliphatic hydroxyl groups excluding tert-OH is 1. The quantitative estimate of drug-likeness (QED) is 0.382. The van der Waals surface area contributed by atoms with Gasteiger partial charge in [0.1, 0.15) is 17.7 Å². The maximum Gasteiger partial charge on any atom is 0.410 e. The highest BCUT2D eigenvalue weighted by Crippen LogP contribution is 2.30. The highest BCUT2D eigenvalue weighted by molar-refractivity contribution is 7.13. The fraction of sp³-hybridized carbons (Fsp3) is 0.618. The first kappa shape index (κ1) is 35.3. The predicted octanol–water partition coefficient (Wildman–Crippen LogP) is 4.44. The van der Waals surface area contributed by atoms with Crippen LogP contribution in [0.1, 0.15) is 85.0 Å². The lowest BCUT2D eigenvalue weighted by Gasteiger charge is -2.35. The number of likely N-dealkylation sites (tertiary alicyclic amines) is 2. The van der Waals surface area contributed by atoms with Crippen molar-refractivity contribution < 1.29 is 29.0 Å². The first-order valence-corrected chi connectivity index (χ1v) is 16.9. The number of benzene rings is 1. The number of amides is 4. The Kier molecular flexibility index (Phi) is 10.8. The minimum atomic E-state index is -0.913. The van der Waals surface area contributed by atoms with Crippen molar-refractivity contribution in [2.45, 2.75) is 104 Å². The van der Waals surface area contributed by atoms with E-state index in [2.05, 4.69) is 15.6 Å². The van der Waals surface area contributed by atoms with Gasteiger partial charge in [0.2, 0.25) is 17.7 Å². The van der Waals surface area contributed by atoms with Crippen LogP contribution in [0.4, 0.5) is 4.79 Å². The third-order valence-electron chi connectivity index (χ3n) is 8.47. The van der Waals surface area contributed by atoms with Crippen LogP contribution in [-0.4, -0.2) is 87.1 Å². The van der Waals surface area contributed by atoms with Gasteiger partial charge in [-0.15, -0.1) is 11.3 Å². The van der Waals surface area contributed by atoms with Crippen LogP contribution in [0, 0.1) is 18.3 Å². The molecule has 2 fully saturated rings. The highest BCUT2D eigenvalue weighted by Gasteiger charge is 2.45.